The first-order valence-electron chi connectivity index (χ1n) is 6.72. The zero-order valence-corrected chi connectivity index (χ0v) is 13.0. The van der Waals surface area contributed by atoms with Gasteiger partial charge in [-0.3, -0.25) is 10.1 Å². The second-order valence-corrected chi connectivity index (χ2v) is 6.05. The van der Waals surface area contributed by atoms with E-state index in [0.717, 1.165) is 29.5 Å². The minimum Gasteiger partial charge on any atom is -0.361 e. The Bertz CT molecular complexity index is 628. The van der Waals surface area contributed by atoms with E-state index >= 15 is 0 Å². The third-order valence-electron chi connectivity index (χ3n) is 3.52. The van der Waals surface area contributed by atoms with Gasteiger partial charge in [-0.1, -0.05) is 11.3 Å². The Balaban J connectivity index is 0.00000161. The number of halogens is 1. The predicted octanol–water partition coefficient (Wildman–Crippen LogP) is 3.04. The summed E-state index contributed by atoms with van der Waals surface area (Å²) in [4.78, 5) is 14.8. The summed E-state index contributed by atoms with van der Waals surface area (Å²) in [5, 5.41) is 18.3. The lowest BCUT2D eigenvalue weighted by atomic mass is 10.00. The molecule has 0 bridgehead atoms. The van der Waals surface area contributed by atoms with E-state index in [1.807, 2.05) is 0 Å². The fraction of sp³-hybridized carbons (Fsp3) is 0.462. The summed E-state index contributed by atoms with van der Waals surface area (Å²) in [5.41, 5.74) is 0.777. The highest BCUT2D eigenvalue weighted by atomic mass is 35.5. The van der Waals surface area contributed by atoms with Crippen molar-refractivity contribution in [1.29, 1.82) is 0 Å². The number of nitro benzene ring substituents is 1. The summed E-state index contributed by atoms with van der Waals surface area (Å²) in [6.45, 7) is 3.06. The highest BCUT2D eigenvalue weighted by Crippen LogP contribution is 2.29. The second-order valence-electron chi connectivity index (χ2n) is 5.02. The van der Waals surface area contributed by atoms with Gasteiger partial charge in [0.15, 0.2) is 5.13 Å². The van der Waals surface area contributed by atoms with Crippen molar-refractivity contribution < 1.29 is 4.92 Å². The van der Waals surface area contributed by atoms with Crippen LogP contribution in [0.25, 0.3) is 10.2 Å². The molecule has 1 atom stereocenters. The number of non-ortho nitro benzene ring substituents is 1. The number of thiazole rings is 1. The molecule has 6 nitrogen and oxygen atoms in total. The minimum atomic E-state index is -0.389. The number of anilines is 1. The number of benzene rings is 1. The molecule has 1 fully saturated rings. The van der Waals surface area contributed by atoms with E-state index in [2.05, 4.69) is 15.6 Å². The highest BCUT2D eigenvalue weighted by Gasteiger charge is 2.14. The normalized spacial score (nSPS) is 18.2. The van der Waals surface area contributed by atoms with Crippen LogP contribution in [0.5, 0.6) is 0 Å². The Morgan fingerprint density at radius 2 is 2.38 bits per heavy atom. The summed E-state index contributed by atoms with van der Waals surface area (Å²) in [5.74, 6) is 0.630. The Hall–Kier alpha value is -1.44. The molecule has 1 aromatic heterocycles. The van der Waals surface area contributed by atoms with Crippen molar-refractivity contribution in [3.8, 4) is 0 Å². The molecule has 8 heteroatoms. The predicted molar refractivity (Wildman–Crippen MR) is 87.6 cm³/mol. The summed E-state index contributed by atoms with van der Waals surface area (Å²) < 4.78 is 0.972. The van der Waals surface area contributed by atoms with Gasteiger partial charge in [0.2, 0.25) is 0 Å². The molecule has 114 valence electrons. The molecule has 0 amide bonds. The quantitative estimate of drug-likeness (QED) is 0.666. The van der Waals surface area contributed by atoms with Crippen LogP contribution in [0.4, 0.5) is 10.8 Å². The van der Waals surface area contributed by atoms with Crippen LogP contribution in [-0.2, 0) is 0 Å². The SMILES string of the molecule is Cl.O=[N+]([O-])c1ccc2sc(NCC3CCCNC3)nc2c1. The number of hydrogen-bond donors (Lipinski definition) is 2. The first kappa shape index (κ1) is 15.9. The van der Waals surface area contributed by atoms with Crippen molar-refractivity contribution in [2.45, 2.75) is 12.8 Å². The first-order chi connectivity index (χ1) is 9.72. The maximum atomic E-state index is 10.7. The number of nitrogens with zero attached hydrogens (tertiary/aromatic N) is 2. The number of hydrogen-bond acceptors (Lipinski definition) is 6. The molecule has 0 spiro atoms. The number of nitrogens with one attached hydrogen (secondary N) is 2. The third-order valence-corrected chi connectivity index (χ3v) is 4.52. The van der Waals surface area contributed by atoms with Gasteiger partial charge in [0.1, 0.15) is 0 Å². The molecular formula is C13H17ClN4O2S. The Labute approximate surface area is 132 Å². The highest BCUT2D eigenvalue weighted by molar-refractivity contribution is 7.22. The molecule has 21 heavy (non-hydrogen) atoms. The lowest BCUT2D eigenvalue weighted by Gasteiger charge is -2.22. The van der Waals surface area contributed by atoms with Gasteiger partial charge < -0.3 is 10.6 Å². The van der Waals surface area contributed by atoms with E-state index in [1.165, 1.54) is 25.0 Å². The van der Waals surface area contributed by atoms with E-state index in [0.29, 0.717) is 11.4 Å². The number of aromatic nitrogens is 1. The van der Waals surface area contributed by atoms with Crippen LogP contribution in [0.2, 0.25) is 0 Å². The second kappa shape index (κ2) is 7.02. The van der Waals surface area contributed by atoms with Gasteiger partial charge in [-0.25, -0.2) is 4.98 Å². The van der Waals surface area contributed by atoms with Crippen molar-refractivity contribution in [2.75, 3.05) is 25.0 Å². The molecule has 2 N–H and O–H groups in total. The lowest BCUT2D eigenvalue weighted by molar-refractivity contribution is -0.384. The molecule has 3 rings (SSSR count). The molecule has 1 aliphatic heterocycles. The summed E-state index contributed by atoms with van der Waals surface area (Å²) in [7, 11) is 0. The molecular weight excluding hydrogens is 312 g/mol. The van der Waals surface area contributed by atoms with Gasteiger partial charge in [-0.05, 0) is 37.9 Å². The standard InChI is InChI=1S/C13H16N4O2S.ClH/c18-17(19)10-3-4-12-11(6-10)16-13(20-12)15-8-9-2-1-5-14-7-9;/h3-4,6,9,14H,1-2,5,7-8H2,(H,15,16);1H. The molecule has 2 heterocycles. The molecule has 2 aromatic rings. The molecule has 0 saturated carbocycles. The fourth-order valence-electron chi connectivity index (χ4n) is 2.43. The van der Waals surface area contributed by atoms with Gasteiger partial charge >= 0.3 is 0 Å². The largest absolute Gasteiger partial charge is 0.361 e. The van der Waals surface area contributed by atoms with Crippen molar-refractivity contribution in [3.63, 3.8) is 0 Å². The average molecular weight is 329 g/mol. The number of nitro groups is 1. The first-order valence-corrected chi connectivity index (χ1v) is 7.53. The molecule has 1 aliphatic rings. The Morgan fingerprint density at radius 3 is 3.10 bits per heavy atom. The van der Waals surface area contributed by atoms with E-state index in [9.17, 15) is 10.1 Å². The van der Waals surface area contributed by atoms with Gasteiger partial charge in [0.05, 0.1) is 15.1 Å². The van der Waals surface area contributed by atoms with E-state index in [4.69, 9.17) is 0 Å². The maximum absolute atomic E-state index is 10.7. The van der Waals surface area contributed by atoms with Crippen molar-refractivity contribution in [3.05, 3.63) is 28.3 Å². The van der Waals surface area contributed by atoms with Crippen LogP contribution in [0.3, 0.4) is 0 Å². The van der Waals surface area contributed by atoms with Gasteiger partial charge in [-0.2, -0.15) is 0 Å². The van der Waals surface area contributed by atoms with E-state index < -0.39 is 0 Å². The third kappa shape index (κ3) is 3.81. The molecule has 1 saturated heterocycles. The number of piperidine rings is 1. The summed E-state index contributed by atoms with van der Waals surface area (Å²) >= 11 is 1.54. The summed E-state index contributed by atoms with van der Waals surface area (Å²) in [6, 6.07) is 4.81. The van der Waals surface area contributed by atoms with Crippen LogP contribution in [0, 0.1) is 16.0 Å². The Kier molecular flexibility index (Phi) is 5.33. The van der Waals surface area contributed by atoms with Gasteiger partial charge in [-0.15, -0.1) is 12.4 Å². The van der Waals surface area contributed by atoms with Gasteiger partial charge in [0, 0.05) is 18.7 Å². The van der Waals surface area contributed by atoms with E-state index in [-0.39, 0.29) is 23.0 Å². The average Bonchev–Trinajstić information content (AvgIpc) is 2.88. The van der Waals surface area contributed by atoms with Crippen LogP contribution in [0.1, 0.15) is 12.8 Å². The molecule has 0 aliphatic carbocycles. The monoisotopic (exact) mass is 328 g/mol. The van der Waals surface area contributed by atoms with Crippen molar-refractivity contribution in [1.82, 2.24) is 10.3 Å². The van der Waals surface area contributed by atoms with E-state index in [1.54, 1.807) is 17.4 Å². The van der Waals surface area contributed by atoms with Gasteiger partial charge in [0.25, 0.3) is 5.69 Å². The lowest BCUT2D eigenvalue weighted by Crippen LogP contribution is -2.33. The topological polar surface area (TPSA) is 80.1 Å². The zero-order chi connectivity index (χ0) is 13.9. The van der Waals surface area contributed by atoms with Crippen LogP contribution < -0.4 is 10.6 Å². The fourth-order valence-corrected chi connectivity index (χ4v) is 3.29. The smallest absolute Gasteiger partial charge is 0.271 e. The molecule has 1 unspecified atom stereocenters. The zero-order valence-electron chi connectivity index (χ0n) is 11.4. The van der Waals surface area contributed by atoms with Crippen molar-refractivity contribution in [2.24, 2.45) is 5.92 Å². The summed E-state index contributed by atoms with van der Waals surface area (Å²) in [6.07, 6.45) is 2.45. The Morgan fingerprint density at radius 1 is 1.52 bits per heavy atom. The molecule has 0 radical (unpaired) electrons. The van der Waals surface area contributed by atoms with Crippen molar-refractivity contribution >= 4 is 44.8 Å². The maximum Gasteiger partial charge on any atom is 0.271 e. The van der Waals surface area contributed by atoms with Crippen LogP contribution in [-0.4, -0.2) is 29.5 Å². The minimum absolute atomic E-state index is 0. The van der Waals surface area contributed by atoms with Crippen LogP contribution >= 0.6 is 23.7 Å². The number of fused-ring (bicyclic) bond motifs is 1. The molecule has 1 aromatic carbocycles. The van der Waals surface area contributed by atoms with Crippen LogP contribution in [0.15, 0.2) is 18.2 Å². The number of rotatable bonds is 4.